The lowest BCUT2D eigenvalue weighted by Crippen LogP contribution is -2.35. The average molecular weight is 642 g/mol. The lowest BCUT2D eigenvalue weighted by molar-refractivity contribution is -0.0980. The van der Waals surface area contributed by atoms with Crippen LogP contribution < -0.4 is 26.3 Å². The molecule has 2 aromatic carbocycles. The van der Waals surface area contributed by atoms with Gasteiger partial charge in [-0.3, -0.25) is 15.1 Å². The number of hydrogen-bond acceptors (Lipinski definition) is 7. The van der Waals surface area contributed by atoms with Crippen LogP contribution in [0, 0.1) is 32.6 Å². The molecule has 47 heavy (non-hydrogen) atoms. The first-order valence-corrected chi connectivity index (χ1v) is 16.6. The van der Waals surface area contributed by atoms with Crippen LogP contribution in [0.15, 0.2) is 48.6 Å². The Morgan fingerprint density at radius 1 is 1.00 bits per heavy atom. The van der Waals surface area contributed by atoms with Gasteiger partial charge in [0.1, 0.15) is 18.4 Å². The third kappa shape index (κ3) is 11.2. The molecule has 2 N–H and O–H groups in total. The van der Waals surface area contributed by atoms with E-state index in [1.165, 1.54) is 25.7 Å². The predicted molar refractivity (Wildman–Crippen MR) is 197 cm³/mol. The summed E-state index contributed by atoms with van der Waals surface area (Å²) >= 11 is 0. The quantitative estimate of drug-likeness (QED) is 0.277. The monoisotopic (exact) mass is 641 g/mol. The molecule has 1 fully saturated rings. The van der Waals surface area contributed by atoms with Gasteiger partial charge in [-0.05, 0) is 98.4 Å². The number of hydrogen-bond donors (Lipinski definition) is 2. The maximum atomic E-state index is 13.0. The molecule has 2 aliphatic carbocycles. The van der Waals surface area contributed by atoms with E-state index in [1.54, 1.807) is 7.11 Å². The molecule has 254 valence electrons. The van der Waals surface area contributed by atoms with Crippen LogP contribution in [-0.2, 0) is 9.63 Å². The summed E-state index contributed by atoms with van der Waals surface area (Å²) < 4.78 is 0. The van der Waals surface area contributed by atoms with E-state index in [1.807, 2.05) is 83.0 Å². The normalized spacial score (nSPS) is 16.0. The zero-order chi connectivity index (χ0) is 34.9. The summed E-state index contributed by atoms with van der Waals surface area (Å²) in [6, 6.07) is 12.0. The highest BCUT2D eigenvalue weighted by molar-refractivity contribution is 6.02. The summed E-state index contributed by atoms with van der Waals surface area (Å²) in [5.74, 6) is 3.27. The first-order chi connectivity index (χ1) is 22.7. The van der Waals surface area contributed by atoms with Gasteiger partial charge >= 0.3 is 0 Å². The Morgan fingerprint density at radius 2 is 1.70 bits per heavy atom. The number of rotatable bonds is 7. The van der Waals surface area contributed by atoms with Gasteiger partial charge in [0.15, 0.2) is 0 Å². The van der Waals surface area contributed by atoms with Crippen molar-refractivity contribution in [3.8, 4) is 11.1 Å². The molecule has 3 aromatic rings. The van der Waals surface area contributed by atoms with Gasteiger partial charge in [-0.2, -0.15) is 0 Å². The lowest BCUT2D eigenvalue weighted by atomic mass is 9.83. The van der Waals surface area contributed by atoms with E-state index < -0.39 is 0 Å². The SMILES string of the molecule is C=O.CC.CONc1ccc(-c2c(C)cccc2C(=O)NCC2CCC(C)CC2)c(C)c1.Cc1nc(N(C)C)c2c(n1)=CC=CCC=2. The summed E-state index contributed by atoms with van der Waals surface area (Å²) in [4.78, 5) is 37.0. The molecular weight excluding hydrogens is 586 g/mol. The number of amides is 1. The minimum atomic E-state index is 0.0239. The minimum absolute atomic E-state index is 0.0239. The summed E-state index contributed by atoms with van der Waals surface area (Å²) in [5.41, 5.74) is 8.81. The van der Waals surface area contributed by atoms with Crippen LogP contribution in [0.5, 0.6) is 0 Å². The fourth-order valence-electron chi connectivity index (χ4n) is 5.88. The second-order valence-electron chi connectivity index (χ2n) is 12.0. The summed E-state index contributed by atoms with van der Waals surface area (Å²) in [6.45, 7) is 15.1. The molecule has 1 heterocycles. The maximum absolute atomic E-state index is 13.0. The Labute approximate surface area is 282 Å². The number of allylic oxidation sites excluding steroid dienone is 2. The number of benzene rings is 2. The van der Waals surface area contributed by atoms with E-state index >= 15 is 0 Å². The van der Waals surface area contributed by atoms with Gasteiger partial charge in [-0.25, -0.2) is 9.97 Å². The number of nitrogens with zero attached hydrogens (tertiary/aromatic N) is 3. The second kappa shape index (κ2) is 20.0. The van der Waals surface area contributed by atoms with E-state index in [0.29, 0.717) is 5.92 Å². The molecule has 1 amide bonds. The van der Waals surface area contributed by atoms with Gasteiger partial charge in [0.05, 0.1) is 18.1 Å². The number of fused-ring (bicyclic) bond motifs is 1. The van der Waals surface area contributed by atoms with E-state index in [0.717, 1.165) is 74.6 Å². The third-order valence-electron chi connectivity index (χ3n) is 8.26. The smallest absolute Gasteiger partial charge is 0.251 e. The van der Waals surface area contributed by atoms with Gasteiger partial charge in [0, 0.05) is 31.4 Å². The van der Waals surface area contributed by atoms with Crippen molar-refractivity contribution in [2.75, 3.05) is 38.1 Å². The fraction of sp³-hybridized carbons (Fsp3) is 0.436. The summed E-state index contributed by atoms with van der Waals surface area (Å²) in [6.07, 6.45) is 14.3. The highest BCUT2D eigenvalue weighted by Gasteiger charge is 2.21. The highest BCUT2D eigenvalue weighted by atomic mass is 16.6. The molecule has 0 saturated heterocycles. The van der Waals surface area contributed by atoms with Crippen LogP contribution in [0.4, 0.5) is 11.5 Å². The first-order valence-electron chi connectivity index (χ1n) is 16.6. The molecule has 8 heteroatoms. The molecule has 0 unspecified atom stereocenters. The Morgan fingerprint density at radius 3 is 2.34 bits per heavy atom. The van der Waals surface area contributed by atoms with Crippen LogP contribution in [-0.4, -0.2) is 50.4 Å². The molecular formula is C39H55N5O3. The van der Waals surface area contributed by atoms with Crippen molar-refractivity contribution >= 4 is 36.4 Å². The van der Waals surface area contributed by atoms with Gasteiger partial charge in [-0.15, -0.1) is 0 Å². The van der Waals surface area contributed by atoms with Crippen molar-refractivity contribution in [2.24, 2.45) is 11.8 Å². The van der Waals surface area contributed by atoms with Gasteiger partial charge < -0.3 is 15.0 Å². The molecule has 0 aliphatic heterocycles. The van der Waals surface area contributed by atoms with E-state index in [9.17, 15) is 4.79 Å². The Kier molecular flexibility index (Phi) is 16.6. The number of nitrogens with one attached hydrogen (secondary N) is 2. The molecule has 2 aliphatic rings. The van der Waals surface area contributed by atoms with Crippen molar-refractivity contribution < 1.29 is 14.4 Å². The third-order valence-corrected chi connectivity index (χ3v) is 8.26. The van der Waals surface area contributed by atoms with Crippen molar-refractivity contribution in [2.45, 2.75) is 73.6 Å². The first kappa shape index (κ1) is 38.9. The fourth-order valence-corrected chi connectivity index (χ4v) is 5.88. The highest BCUT2D eigenvalue weighted by Crippen LogP contribution is 2.32. The molecule has 0 atom stereocenters. The number of carbonyl (C=O) groups is 2. The van der Waals surface area contributed by atoms with Gasteiger partial charge in [0.25, 0.3) is 5.91 Å². The van der Waals surface area contributed by atoms with Crippen LogP contribution in [0.2, 0.25) is 0 Å². The predicted octanol–water partition coefficient (Wildman–Crippen LogP) is 6.71. The number of anilines is 2. The van der Waals surface area contributed by atoms with Crippen LogP contribution >= 0.6 is 0 Å². The van der Waals surface area contributed by atoms with Gasteiger partial charge in [-0.1, -0.05) is 70.0 Å². The largest absolute Gasteiger partial charge is 0.362 e. The van der Waals surface area contributed by atoms with Crippen LogP contribution in [0.3, 0.4) is 0 Å². The molecule has 0 radical (unpaired) electrons. The van der Waals surface area contributed by atoms with Crippen LogP contribution in [0.1, 0.15) is 80.2 Å². The zero-order valence-electron chi connectivity index (χ0n) is 29.9. The van der Waals surface area contributed by atoms with E-state index in [4.69, 9.17) is 9.63 Å². The lowest BCUT2D eigenvalue weighted by Gasteiger charge is -2.26. The number of aryl methyl sites for hydroxylation is 3. The van der Waals surface area contributed by atoms with Crippen molar-refractivity contribution in [3.05, 3.63) is 81.6 Å². The molecule has 1 aromatic heterocycles. The molecule has 8 nitrogen and oxygen atoms in total. The zero-order valence-corrected chi connectivity index (χ0v) is 29.9. The molecule has 5 rings (SSSR count). The Hall–Kier alpha value is -4.30. The van der Waals surface area contributed by atoms with Crippen LogP contribution in [0.25, 0.3) is 23.3 Å². The average Bonchev–Trinajstić information content (AvgIpc) is 3.32. The van der Waals surface area contributed by atoms with Crippen molar-refractivity contribution in [3.63, 3.8) is 0 Å². The van der Waals surface area contributed by atoms with Gasteiger partial charge in [0.2, 0.25) is 0 Å². The Bertz CT molecular complexity index is 1590. The molecule has 0 spiro atoms. The second-order valence-corrected chi connectivity index (χ2v) is 12.0. The van der Waals surface area contributed by atoms with Crippen molar-refractivity contribution in [1.82, 2.24) is 15.3 Å². The standard InChI is InChI=1S/C24H32N2O2.C12H15N3.C2H6.CH2O/c1-16-8-10-19(11-9-16)15-25-24(27)22-7-5-6-17(2)23(22)21-13-12-20(26-28-4)14-18(21)3;1-9-13-11-8-6-4-5-7-10(11)12(14-9)15(2)3;2*1-2/h5-7,12-14,16,19,26H,8-11,15H2,1-4H3,(H,25,27);4,6-8H,5H2,1-3H3;1-2H3;1H2. The molecule has 0 bridgehead atoms. The Balaban J connectivity index is 0.000000340. The summed E-state index contributed by atoms with van der Waals surface area (Å²) in [5, 5.41) is 5.35. The van der Waals surface area contributed by atoms with E-state index in [2.05, 4.69) is 65.8 Å². The maximum Gasteiger partial charge on any atom is 0.251 e. The van der Waals surface area contributed by atoms with E-state index in [-0.39, 0.29) is 5.91 Å². The minimum Gasteiger partial charge on any atom is -0.362 e. The topological polar surface area (TPSA) is 96.4 Å². The number of carbonyl (C=O) groups excluding carboxylic acids is 2. The van der Waals surface area contributed by atoms with Crippen molar-refractivity contribution in [1.29, 1.82) is 0 Å². The number of aromatic nitrogens is 2. The molecule has 1 saturated carbocycles. The summed E-state index contributed by atoms with van der Waals surface area (Å²) in [7, 11) is 5.61.